The van der Waals surface area contributed by atoms with E-state index in [-0.39, 0.29) is 6.42 Å². The number of aliphatic hydroxyl groups excluding tert-OH is 1. The maximum atomic E-state index is 11.8. The largest absolute Gasteiger partial charge is 0.415 e. The van der Waals surface area contributed by atoms with Gasteiger partial charge < -0.3 is 16.2 Å². The van der Waals surface area contributed by atoms with E-state index in [9.17, 15) is 18.0 Å². The van der Waals surface area contributed by atoms with E-state index in [4.69, 9.17) is 10.8 Å². The topological polar surface area (TPSA) is 75.4 Å². The average molecular weight is 214 g/mol. The van der Waals surface area contributed by atoms with Gasteiger partial charge in [-0.25, -0.2) is 0 Å². The third-order valence-corrected chi connectivity index (χ3v) is 1.54. The fourth-order valence-electron chi connectivity index (χ4n) is 0.802. The fourth-order valence-corrected chi connectivity index (χ4v) is 0.802. The first-order valence-electron chi connectivity index (χ1n) is 4.00. The van der Waals surface area contributed by atoms with Gasteiger partial charge in [-0.1, -0.05) is 0 Å². The van der Waals surface area contributed by atoms with Crippen LogP contribution in [0.2, 0.25) is 0 Å². The highest BCUT2D eigenvalue weighted by Gasteiger charge is 2.37. The maximum Gasteiger partial charge on any atom is 0.415 e. The Labute approximate surface area is 79.3 Å². The summed E-state index contributed by atoms with van der Waals surface area (Å²) >= 11 is 0. The maximum absolute atomic E-state index is 11.8. The van der Waals surface area contributed by atoms with Crippen LogP contribution in [0, 0.1) is 0 Å². The molecule has 7 heteroatoms. The van der Waals surface area contributed by atoms with Gasteiger partial charge in [0.15, 0.2) is 6.10 Å². The van der Waals surface area contributed by atoms with Crippen molar-refractivity contribution in [1.29, 1.82) is 0 Å². The number of carbonyl (C=O) groups is 1. The summed E-state index contributed by atoms with van der Waals surface area (Å²) in [6.07, 6.45) is -7.12. The van der Waals surface area contributed by atoms with Gasteiger partial charge >= 0.3 is 6.18 Å². The summed E-state index contributed by atoms with van der Waals surface area (Å²) in [4.78, 5) is 10.3. The van der Waals surface area contributed by atoms with Crippen molar-refractivity contribution in [2.75, 3.05) is 6.54 Å². The normalized spacial score (nSPS) is 16.4. The highest BCUT2D eigenvalue weighted by Crippen LogP contribution is 2.19. The third-order valence-electron chi connectivity index (χ3n) is 1.54. The Kier molecular flexibility index (Phi) is 4.86. The zero-order chi connectivity index (χ0) is 11.4. The number of nitrogens with one attached hydrogen (secondary N) is 1. The number of halogens is 3. The molecule has 2 unspecified atom stereocenters. The zero-order valence-electron chi connectivity index (χ0n) is 7.64. The summed E-state index contributed by atoms with van der Waals surface area (Å²) < 4.78 is 35.3. The summed E-state index contributed by atoms with van der Waals surface area (Å²) in [5.74, 6) is -0.605. The van der Waals surface area contributed by atoms with Gasteiger partial charge in [0.2, 0.25) is 5.91 Å². The van der Waals surface area contributed by atoms with Gasteiger partial charge in [0.05, 0.1) is 0 Å². The molecule has 2 atom stereocenters. The Hall–Kier alpha value is -0.820. The number of hydrogen-bond donors (Lipinski definition) is 3. The van der Waals surface area contributed by atoms with E-state index in [1.165, 1.54) is 6.92 Å². The molecule has 0 fully saturated rings. The number of amides is 1. The van der Waals surface area contributed by atoms with E-state index < -0.39 is 30.8 Å². The van der Waals surface area contributed by atoms with Crippen molar-refractivity contribution in [3.63, 3.8) is 0 Å². The number of primary amides is 1. The molecule has 0 bridgehead atoms. The monoisotopic (exact) mass is 214 g/mol. The number of nitrogens with two attached hydrogens (primary N) is 1. The Morgan fingerprint density at radius 3 is 2.43 bits per heavy atom. The van der Waals surface area contributed by atoms with Gasteiger partial charge in [-0.3, -0.25) is 4.79 Å². The standard InChI is InChI=1S/C7H13F3N2O2/c1-4(2-6(11)14)12-3-5(13)7(8,9)10/h4-5,12-13H,2-3H2,1H3,(H2,11,14). The van der Waals surface area contributed by atoms with Crippen LogP contribution in [0.1, 0.15) is 13.3 Å². The molecule has 4 nitrogen and oxygen atoms in total. The first-order chi connectivity index (χ1) is 6.23. The van der Waals surface area contributed by atoms with E-state index in [1.807, 2.05) is 0 Å². The molecule has 0 aromatic rings. The van der Waals surface area contributed by atoms with Crippen LogP contribution in [-0.4, -0.2) is 35.9 Å². The molecule has 4 N–H and O–H groups in total. The molecule has 0 rings (SSSR count). The minimum absolute atomic E-state index is 0.0649. The summed E-state index contributed by atoms with van der Waals surface area (Å²) in [5.41, 5.74) is 4.82. The van der Waals surface area contributed by atoms with Crippen molar-refractivity contribution in [3.8, 4) is 0 Å². The minimum Gasteiger partial charge on any atom is -0.382 e. The average Bonchev–Trinajstić information content (AvgIpc) is 1.96. The Bertz CT molecular complexity index is 196. The van der Waals surface area contributed by atoms with E-state index in [0.717, 1.165) is 0 Å². The van der Waals surface area contributed by atoms with Gasteiger partial charge in [-0.15, -0.1) is 0 Å². The predicted octanol–water partition coefficient (Wildman–Crippen LogP) is -0.237. The number of aliphatic hydroxyl groups is 1. The molecule has 0 radical (unpaired) electrons. The smallest absolute Gasteiger partial charge is 0.382 e. The van der Waals surface area contributed by atoms with Crippen LogP contribution in [0.4, 0.5) is 13.2 Å². The van der Waals surface area contributed by atoms with Crippen LogP contribution < -0.4 is 11.1 Å². The van der Waals surface area contributed by atoms with Gasteiger partial charge in [0.1, 0.15) is 0 Å². The Balaban J connectivity index is 3.77. The second kappa shape index (κ2) is 5.16. The summed E-state index contributed by atoms with van der Waals surface area (Å²) in [7, 11) is 0. The summed E-state index contributed by atoms with van der Waals surface area (Å²) in [5, 5.41) is 10.9. The molecule has 84 valence electrons. The van der Waals surface area contributed by atoms with E-state index in [2.05, 4.69) is 5.32 Å². The molecule has 0 heterocycles. The van der Waals surface area contributed by atoms with Crippen molar-refractivity contribution in [2.45, 2.75) is 31.7 Å². The van der Waals surface area contributed by atoms with Gasteiger partial charge in [-0.05, 0) is 6.92 Å². The van der Waals surface area contributed by atoms with Crippen LogP contribution in [0.15, 0.2) is 0 Å². The quantitative estimate of drug-likeness (QED) is 0.591. The Morgan fingerprint density at radius 2 is 2.07 bits per heavy atom. The molecule has 0 aliphatic carbocycles. The van der Waals surface area contributed by atoms with Crippen LogP contribution in [0.25, 0.3) is 0 Å². The summed E-state index contributed by atoms with van der Waals surface area (Å²) in [6, 6.07) is -0.482. The molecule has 0 aliphatic rings. The molecule has 0 aliphatic heterocycles. The van der Waals surface area contributed by atoms with Crippen molar-refractivity contribution in [2.24, 2.45) is 5.73 Å². The molecule has 0 saturated heterocycles. The molecule has 1 amide bonds. The van der Waals surface area contributed by atoms with Crippen LogP contribution in [-0.2, 0) is 4.79 Å². The van der Waals surface area contributed by atoms with Gasteiger partial charge in [0.25, 0.3) is 0 Å². The highest BCUT2D eigenvalue weighted by molar-refractivity contribution is 5.74. The highest BCUT2D eigenvalue weighted by atomic mass is 19.4. The minimum atomic E-state index is -4.64. The van der Waals surface area contributed by atoms with Crippen molar-refractivity contribution in [1.82, 2.24) is 5.32 Å². The second-order valence-corrected chi connectivity index (χ2v) is 3.04. The second-order valence-electron chi connectivity index (χ2n) is 3.04. The third kappa shape index (κ3) is 5.76. The lowest BCUT2D eigenvalue weighted by Crippen LogP contribution is -2.42. The van der Waals surface area contributed by atoms with Crippen molar-refractivity contribution in [3.05, 3.63) is 0 Å². The van der Waals surface area contributed by atoms with Crippen LogP contribution >= 0.6 is 0 Å². The first kappa shape index (κ1) is 13.2. The Morgan fingerprint density at radius 1 is 1.57 bits per heavy atom. The number of carbonyl (C=O) groups excluding carboxylic acids is 1. The summed E-state index contributed by atoms with van der Waals surface area (Å²) in [6.45, 7) is 0.867. The molecule has 0 saturated carbocycles. The molecular formula is C7H13F3N2O2. The first-order valence-corrected chi connectivity index (χ1v) is 4.00. The number of rotatable bonds is 5. The van der Waals surface area contributed by atoms with Crippen molar-refractivity contribution < 1.29 is 23.1 Å². The predicted molar refractivity (Wildman–Crippen MR) is 43.3 cm³/mol. The number of hydrogen-bond acceptors (Lipinski definition) is 3. The van der Waals surface area contributed by atoms with Gasteiger partial charge in [-0.2, -0.15) is 13.2 Å². The molecule has 0 aromatic heterocycles. The van der Waals surface area contributed by atoms with Crippen LogP contribution in [0.5, 0.6) is 0 Å². The lowest BCUT2D eigenvalue weighted by atomic mass is 10.2. The SMILES string of the molecule is CC(CC(N)=O)NCC(O)C(F)(F)F. The van der Waals surface area contributed by atoms with Crippen molar-refractivity contribution >= 4 is 5.91 Å². The molecule has 14 heavy (non-hydrogen) atoms. The van der Waals surface area contributed by atoms with Crippen LogP contribution in [0.3, 0.4) is 0 Å². The molecular weight excluding hydrogens is 201 g/mol. The van der Waals surface area contributed by atoms with E-state index in [1.54, 1.807) is 0 Å². The zero-order valence-corrected chi connectivity index (χ0v) is 7.64. The fraction of sp³-hybridized carbons (Fsp3) is 0.857. The van der Waals surface area contributed by atoms with E-state index in [0.29, 0.717) is 0 Å². The lowest BCUT2D eigenvalue weighted by Gasteiger charge is -2.17. The van der Waals surface area contributed by atoms with Gasteiger partial charge in [0, 0.05) is 19.0 Å². The van der Waals surface area contributed by atoms with E-state index >= 15 is 0 Å². The lowest BCUT2D eigenvalue weighted by molar-refractivity contribution is -0.202. The molecule has 0 spiro atoms. The molecule has 0 aromatic carbocycles. The number of alkyl halides is 3.